The Kier molecular flexibility index (Phi) is 3.20. The maximum atomic E-state index is 5.69. The third-order valence-corrected chi connectivity index (χ3v) is 2.10. The summed E-state index contributed by atoms with van der Waals surface area (Å²) in [5.74, 6) is 0.373. The van der Waals surface area contributed by atoms with Crippen molar-refractivity contribution in [3.63, 3.8) is 0 Å². The lowest BCUT2D eigenvalue weighted by Gasteiger charge is -2.05. The molecule has 0 fully saturated rings. The number of fused-ring (bicyclic) bond motifs is 1. The molecule has 0 spiro atoms. The Morgan fingerprint density at radius 2 is 2.35 bits per heavy atom. The Hall–Kier alpha value is -2.15. The van der Waals surface area contributed by atoms with Crippen LogP contribution in [0, 0.1) is 0 Å². The van der Waals surface area contributed by atoms with Gasteiger partial charge in [-0.1, -0.05) is 0 Å². The smallest absolute Gasteiger partial charge is 0.169 e. The number of anilines is 1. The number of rotatable bonds is 4. The average molecular weight is 234 g/mol. The highest BCUT2D eigenvalue weighted by Gasteiger charge is 2.05. The van der Waals surface area contributed by atoms with E-state index in [2.05, 4.69) is 20.4 Å². The largest absolute Gasteiger partial charge is 0.382 e. The van der Waals surface area contributed by atoms with Crippen LogP contribution >= 0.6 is 0 Å². The van der Waals surface area contributed by atoms with E-state index in [-0.39, 0.29) is 0 Å². The zero-order valence-corrected chi connectivity index (χ0v) is 9.71. The van der Waals surface area contributed by atoms with Gasteiger partial charge in [0.2, 0.25) is 0 Å². The van der Waals surface area contributed by atoms with Crippen LogP contribution in [0.2, 0.25) is 0 Å². The molecule has 2 rings (SSSR count). The predicted molar refractivity (Wildman–Crippen MR) is 64.4 cm³/mol. The lowest BCUT2D eigenvalue weighted by Crippen LogP contribution is -2.12. The molecular formula is C10H14N6O. The van der Waals surface area contributed by atoms with E-state index in [0.29, 0.717) is 23.6 Å². The fourth-order valence-electron chi connectivity index (χ4n) is 1.39. The molecule has 0 unspecified atom stereocenters. The molecule has 0 radical (unpaired) electrons. The van der Waals surface area contributed by atoms with Crippen LogP contribution in [-0.4, -0.2) is 26.1 Å². The molecule has 90 valence electrons. The van der Waals surface area contributed by atoms with Gasteiger partial charge in [0.05, 0.1) is 12.3 Å². The number of nitrogens with zero attached hydrogens (tertiary/aromatic N) is 4. The number of hydrogen-bond acceptors (Lipinski definition) is 6. The molecular weight excluding hydrogens is 220 g/mol. The molecule has 7 nitrogen and oxygen atoms in total. The second-order valence-corrected chi connectivity index (χ2v) is 3.43. The fourth-order valence-corrected chi connectivity index (χ4v) is 1.39. The summed E-state index contributed by atoms with van der Waals surface area (Å²) in [7, 11) is 0. The zero-order valence-electron chi connectivity index (χ0n) is 9.71. The molecule has 17 heavy (non-hydrogen) atoms. The van der Waals surface area contributed by atoms with Crippen molar-refractivity contribution in [1.82, 2.24) is 25.0 Å². The van der Waals surface area contributed by atoms with Gasteiger partial charge in [0.1, 0.15) is 12.7 Å². The maximum Gasteiger partial charge on any atom is 0.169 e. The molecule has 0 saturated heterocycles. The van der Waals surface area contributed by atoms with Gasteiger partial charge in [0, 0.05) is 6.20 Å². The zero-order chi connectivity index (χ0) is 12.3. The molecule has 0 saturated carbocycles. The van der Waals surface area contributed by atoms with Crippen molar-refractivity contribution in [1.29, 1.82) is 0 Å². The van der Waals surface area contributed by atoms with E-state index in [4.69, 9.17) is 10.6 Å². The second-order valence-electron chi connectivity index (χ2n) is 3.43. The van der Waals surface area contributed by atoms with Crippen LogP contribution in [0.5, 0.6) is 0 Å². The first-order valence-electron chi connectivity index (χ1n) is 5.21. The van der Waals surface area contributed by atoms with Gasteiger partial charge >= 0.3 is 0 Å². The lowest BCUT2D eigenvalue weighted by atomic mass is 10.5. The Morgan fingerprint density at radius 3 is 3.12 bits per heavy atom. The molecule has 0 aromatic carbocycles. The highest BCUT2D eigenvalue weighted by molar-refractivity contribution is 5.82. The van der Waals surface area contributed by atoms with Crippen LogP contribution in [0.25, 0.3) is 17.4 Å². The highest BCUT2D eigenvalue weighted by atomic mass is 16.6. The van der Waals surface area contributed by atoms with Gasteiger partial charge in [-0.3, -0.25) is 14.9 Å². The van der Waals surface area contributed by atoms with Gasteiger partial charge in [0.15, 0.2) is 17.0 Å². The summed E-state index contributed by atoms with van der Waals surface area (Å²) in [6, 6.07) is 0. The minimum Gasteiger partial charge on any atom is -0.382 e. The summed E-state index contributed by atoms with van der Waals surface area (Å²) >= 11 is 0. The Morgan fingerprint density at radius 1 is 1.53 bits per heavy atom. The number of nitrogens with one attached hydrogen (secondary N) is 1. The van der Waals surface area contributed by atoms with Crippen LogP contribution in [0.15, 0.2) is 18.4 Å². The predicted octanol–water partition coefficient (Wildman–Crippen LogP) is 0.768. The van der Waals surface area contributed by atoms with E-state index in [1.807, 2.05) is 20.0 Å². The van der Waals surface area contributed by atoms with E-state index in [1.54, 1.807) is 10.9 Å². The van der Waals surface area contributed by atoms with Gasteiger partial charge in [-0.05, 0) is 13.8 Å². The molecule has 2 heterocycles. The van der Waals surface area contributed by atoms with E-state index < -0.39 is 0 Å². The summed E-state index contributed by atoms with van der Waals surface area (Å²) in [6.07, 6.45) is 4.86. The molecule has 3 N–H and O–H groups in total. The monoisotopic (exact) mass is 234 g/mol. The molecule has 7 heteroatoms. The van der Waals surface area contributed by atoms with Crippen molar-refractivity contribution < 1.29 is 4.84 Å². The van der Waals surface area contributed by atoms with Crippen molar-refractivity contribution in [2.24, 2.45) is 0 Å². The lowest BCUT2D eigenvalue weighted by molar-refractivity contribution is 0.0743. The SMILES string of the molecule is CCONC(C)=Cn1cnc2c(N)ncnc21. The summed E-state index contributed by atoms with van der Waals surface area (Å²) in [4.78, 5) is 17.2. The van der Waals surface area contributed by atoms with Crippen LogP contribution in [0.3, 0.4) is 0 Å². The summed E-state index contributed by atoms with van der Waals surface area (Å²) < 4.78 is 1.76. The third kappa shape index (κ3) is 2.34. The quantitative estimate of drug-likeness (QED) is 0.759. The van der Waals surface area contributed by atoms with Gasteiger partial charge in [-0.25, -0.2) is 15.0 Å². The van der Waals surface area contributed by atoms with E-state index in [1.165, 1.54) is 6.33 Å². The van der Waals surface area contributed by atoms with E-state index >= 15 is 0 Å². The average Bonchev–Trinajstić information content (AvgIpc) is 2.71. The van der Waals surface area contributed by atoms with Crippen LogP contribution in [-0.2, 0) is 4.84 Å². The standard InChI is InChI=1S/C10H14N6O/c1-3-17-15-7(2)4-16-6-14-8-9(11)12-5-13-10(8)16/h4-6,15H,3H2,1-2H3,(H2,11,12,13). The van der Waals surface area contributed by atoms with E-state index in [9.17, 15) is 0 Å². The minimum atomic E-state index is 0.373. The van der Waals surface area contributed by atoms with Crippen LogP contribution < -0.4 is 11.2 Å². The number of nitrogen functional groups attached to an aromatic ring is 1. The van der Waals surface area contributed by atoms with Crippen LogP contribution in [0.4, 0.5) is 5.82 Å². The van der Waals surface area contributed by atoms with Gasteiger partial charge in [0.25, 0.3) is 0 Å². The number of aromatic nitrogens is 4. The number of imidazole rings is 1. The van der Waals surface area contributed by atoms with Gasteiger partial charge in [-0.15, -0.1) is 0 Å². The highest BCUT2D eigenvalue weighted by Crippen LogP contribution is 2.14. The van der Waals surface area contributed by atoms with Crippen molar-refractivity contribution in [2.75, 3.05) is 12.3 Å². The van der Waals surface area contributed by atoms with Crippen molar-refractivity contribution in [3.8, 4) is 0 Å². The van der Waals surface area contributed by atoms with Crippen molar-refractivity contribution in [3.05, 3.63) is 18.4 Å². The molecule has 2 aromatic heterocycles. The minimum absolute atomic E-state index is 0.373. The Labute approximate surface area is 98.3 Å². The fraction of sp³-hybridized carbons (Fsp3) is 0.300. The summed E-state index contributed by atoms with van der Waals surface area (Å²) in [5, 5.41) is 0. The molecule has 0 aliphatic carbocycles. The molecule has 2 aromatic rings. The van der Waals surface area contributed by atoms with Crippen molar-refractivity contribution in [2.45, 2.75) is 13.8 Å². The molecule has 0 amide bonds. The third-order valence-electron chi connectivity index (χ3n) is 2.10. The topological polar surface area (TPSA) is 90.9 Å². The first-order chi connectivity index (χ1) is 8.22. The number of hydroxylamine groups is 1. The first-order valence-corrected chi connectivity index (χ1v) is 5.21. The van der Waals surface area contributed by atoms with Gasteiger partial charge in [-0.2, -0.15) is 0 Å². The number of hydrogen-bond donors (Lipinski definition) is 2. The maximum absolute atomic E-state index is 5.69. The summed E-state index contributed by atoms with van der Waals surface area (Å²) in [6.45, 7) is 4.37. The Bertz CT molecular complexity index is 547. The molecule has 0 atom stereocenters. The second kappa shape index (κ2) is 4.79. The van der Waals surface area contributed by atoms with Gasteiger partial charge < -0.3 is 5.73 Å². The number of nitrogens with two attached hydrogens (primary N) is 1. The first kappa shape index (κ1) is 11.3. The summed E-state index contributed by atoms with van der Waals surface area (Å²) in [5.41, 5.74) is 10.6. The molecule has 0 bridgehead atoms. The Balaban J connectivity index is 2.33. The number of allylic oxidation sites excluding steroid dienone is 1. The van der Waals surface area contributed by atoms with Crippen molar-refractivity contribution >= 4 is 23.2 Å². The normalized spacial score (nSPS) is 12.0. The molecule has 0 aliphatic heterocycles. The molecule has 0 aliphatic rings. The van der Waals surface area contributed by atoms with Crippen LogP contribution in [0.1, 0.15) is 13.8 Å². The van der Waals surface area contributed by atoms with E-state index in [0.717, 1.165) is 5.70 Å².